The molecule has 0 bridgehead atoms. The van der Waals surface area contributed by atoms with Crippen molar-refractivity contribution >= 4 is 23.5 Å². The van der Waals surface area contributed by atoms with E-state index in [1.165, 1.54) is 38.1 Å². The first kappa shape index (κ1) is 19.8. The van der Waals surface area contributed by atoms with Crippen LogP contribution >= 0.6 is 0 Å². The molecule has 7 heteroatoms. The van der Waals surface area contributed by atoms with Crippen molar-refractivity contribution in [3.63, 3.8) is 0 Å². The van der Waals surface area contributed by atoms with Crippen LogP contribution in [0.15, 0.2) is 36.7 Å². The van der Waals surface area contributed by atoms with Crippen molar-refractivity contribution in [3.8, 4) is 0 Å². The van der Waals surface area contributed by atoms with E-state index in [0.717, 1.165) is 12.8 Å². The maximum Gasteiger partial charge on any atom is 0.340 e. The Morgan fingerprint density at radius 1 is 1.07 bits per heavy atom. The molecular formula is C21H26N4O3. The van der Waals surface area contributed by atoms with Crippen molar-refractivity contribution in [1.29, 1.82) is 0 Å². The van der Waals surface area contributed by atoms with E-state index < -0.39 is 5.97 Å². The lowest BCUT2D eigenvalue weighted by molar-refractivity contribution is 0.0527. The number of aromatic nitrogens is 2. The number of para-hydroxylation sites is 1. The molecule has 2 aromatic rings. The second kappa shape index (κ2) is 9.82. The summed E-state index contributed by atoms with van der Waals surface area (Å²) < 4.78 is 5.03. The quantitative estimate of drug-likeness (QED) is 0.578. The number of nitrogens with one attached hydrogen (secondary N) is 2. The molecule has 1 aliphatic carbocycles. The van der Waals surface area contributed by atoms with Crippen LogP contribution in [0.25, 0.3) is 0 Å². The van der Waals surface area contributed by atoms with Crippen LogP contribution in [0, 0.1) is 0 Å². The lowest BCUT2D eigenvalue weighted by Crippen LogP contribution is -2.20. The average Bonchev–Trinajstić information content (AvgIpc) is 2.98. The van der Waals surface area contributed by atoms with Gasteiger partial charge in [-0.05, 0) is 31.9 Å². The molecule has 0 spiro atoms. The fourth-order valence-corrected chi connectivity index (χ4v) is 3.30. The third-order valence-corrected chi connectivity index (χ3v) is 4.77. The molecule has 0 unspecified atom stereocenters. The molecular weight excluding hydrogens is 356 g/mol. The predicted octanol–water partition coefficient (Wildman–Crippen LogP) is 4.04. The number of hydrogen-bond donors (Lipinski definition) is 2. The second-order valence-corrected chi connectivity index (χ2v) is 6.85. The third kappa shape index (κ3) is 5.28. The minimum atomic E-state index is -0.474. The van der Waals surface area contributed by atoms with Gasteiger partial charge in [-0.3, -0.25) is 4.79 Å². The van der Waals surface area contributed by atoms with Gasteiger partial charge in [-0.15, -0.1) is 0 Å². The number of benzene rings is 1. The fourth-order valence-electron chi connectivity index (χ4n) is 3.30. The van der Waals surface area contributed by atoms with E-state index in [1.54, 1.807) is 31.2 Å². The average molecular weight is 382 g/mol. The van der Waals surface area contributed by atoms with E-state index in [9.17, 15) is 9.59 Å². The summed E-state index contributed by atoms with van der Waals surface area (Å²) in [6.45, 7) is 2.01. The molecule has 1 aliphatic rings. The highest BCUT2D eigenvalue weighted by atomic mass is 16.5. The minimum Gasteiger partial charge on any atom is -0.462 e. The summed E-state index contributed by atoms with van der Waals surface area (Å²) in [6.07, 6.45) is 10.2. The SMILES string of the molecule is CCOC(=O)c1ccccc1NC(=O)c1cnc(NC2CCCCCC2)nc1. The molecule has 1 saturated carbocycles. The van der Waals surface area contributed by atoms with Crippen LogP contribution in [0.3, 0.4) is 0 Å². The van der Waals surface area contributed by atoms with Gasteiger partial charge in [0.1, 0.15) is 0 Å². The Morgan fingerprint density at radius 2 is 1.75 bits per heavy atom. The Labute approximate surface area is 164 Å². The summed E-state index contributed by atoms with van der Waals surface area (Å²) >= 11 is 0. The van der Waals surface area contributed by atoms with Gasteiger partial charge >= 0.3 is 5.97 Å². The van der Waals surface area contributed by atoms with Crippen LogP contribution in [-0.4, -0.2) is 34.5 Å². The van der Waals surface area contributed by atoms with E-state index in [1.807, 2.05) is 0 Å². The van der Waals surface area contributed by atoms with E-state index in [0.29, 0.717) is 28.8 Å². The fraction of sp³-hybridized carbons (Fsp3) is 0.429. The monoisotopic (exact) mass is 382 g/mol. The topological polar surface area (TPSA) is 93.2 Å². The number of nitrogens with zero attached hydrogens (tertiary/aromatic N) is 2. The number of esters is 1. The highest BCUT2D eigenvalue weighted by Gasteiger charge is 2.16. The normalized spacial score (nSPS) is 14.8. The van der Waals surface area contributed by atoms with Gasteiger partial charge in [-0.1, -0.05) is 37.8 Å². The van der Waals surface area contributed by atoms with Crippen molar-refractivity contribution < 1.29 is 14.3 Å². The molecule has 1 aromatic heterocycles. The second-order valence-electron chi connectivity index (χ2n) is 6.85. The summed E-state index contributed by atoms with van der Waals surface area (Å²) in [5.41, 5.74) is 1.03. The molecule has 148 valence electrons. The Morgan fingerprint density at radius 3 is 2.43 bits per heavy atom. The largest absolute Gasteiger partial charge is 0.462 e. The Bertz CT molecular complexity index is 800. The minimum absolute atomic E-state index is 0.268. The van der Waals surface area contributed by atoms with Crippen LogP contribution < -0.4 is 10.6 Å². The van der Waals surface area contributed by atoms with Crippen molar-refractivity contribution in [2.75, 3.05) is 17.2 Å². The lowest BCUT2D eigenvalue weighted by Gasteiger charge is -2.16. The smallest absolute Gasteiger partial charge is 0.340 e. The number of rotatable bonds is 6. The Balaban J connectivity index is 1.64. The molecule has 7 nitrogen and oxygen atoms in total. The highest BCUT2D eigenvalue weighted by Crippen LogP contribution is 2.20. The van der Waals surface area contributed by atoms with E-state index in [2.05, 4.69) is 20.6 Å². The molecule has 0 radical (unpaired) electrons. The molecule has 1 aromatic carbocycles. The van der Waals surface area contributed by atoms with Crippen molar-refractivity contribution in [2.24, 2.45) is 0 Å². The number of hydrogen-bond acceptors (Lipinski definition) is 6. The first-order valence-electron chi connectivity index (χ1n) is 9.83. The molecule has 1 fully saturated rings. The van der Waals surface area contributed by atoms with E-state index >= 15 is 0 Å². The maximum atomic E-state index is 12.5. The molecule has 1 heterocycles. The Hall–Kier alpha value is -2.96. The number of carbonyl (C=O) groups is 2. The summed E-state index contributed by atoms with van der Waals surface area (Å²) in [5.74, 6) is -0.314. The van der Waals surface area contributed by atoms with E-state index in [-0.39, 0.29) is 12.5 Å². The summed E-state index contributed by atoms with van der Waals surface area (Å²) in [6, 6.07) is 7.13. The lowest BCUT2D eigenvalue weighted by atomic mass is 10.1. The van der Waals surface area contributed by atoms with Crippen LogP contribution in [-0.2, 0) is 4.74 Å². The van der Waals surface area contributed by atoms with Gasteiger partial charge < -0.3 is 15.4 Å². The Kier molecular flexibility index (Phi) is 6.94. The van der Waals surface area contributed by atoms with Gasteiger partial charge in [-0.2, -0.15) is 0 Å². The van der Waals surface area contributed by atoms with Crippen molar-refractivity contribution in [2.45, 2.75) is 51.5 Å². The molecule has 28 heavy (non-hydrogen) atoms. The number of ether oxygens (including phenoxy) is 1. The van der Waals surface area contributed by atoms with Gasteiger partial charge in [0, 0.05) is 18.4 Å². The molecule has 0 saturated heterocycles. The zero-order valence-electron chi connectivity index (χ0n) is 16.1. The zero-order valence-corrected chi connectivity index (χ0v) is 16.1. The van der Waals surface area contributed by atoms with Crippen molar-refractivity contribution in [1.82, 2.24) is 9.97 Å². The summed E-state index contributed by atoms with van der Waals surface area (Å²) in [5, 5.41) is 6.09. The summed E-state index contributed by atoms with van der Waals surface area (Å²) in [7, 11) is 0. The molecule has 0 atom stereocenters. The van der Waals surface area contributed by atoms with Gasteiger partial charge in [0.2, 0.25) is 5.95 Å². The van der Waals surface area contributed by atoms with Gasteiger partial charge in [-0.25, -0.2) is 14.8 Å². The standard InChI is InChI=1S/C21H26N4O3/c1-2-28-20(27)17-11-7-8-12-18(17)25-19(26)15-13-22-21(23-14-15)24-16-9-5-3-4-6-10-16/h7-8,11-14,16H,2-6,9-10H2,1H3,(H,25,26)(H,22,23,24). The van der Waals surface area contributed by atoms with Crippen LogP contribution in [0.5, 0.6) is 0 Å². The van der Waals surface area contributed by atoms with Crippen molar-refractivity contribution in [3.05, 3.63) is 47.8 Å². The van der Waals surface area contributed by atoms with E-state index in [4.69, 9.17) is 4.74 Å². The number of carbonyl (C=O) groups excluding carboxylic acids is 2. The van der Waals surface area contributed by atoms with Crippen LogP contribution in [0.2, 0.25) is 0 Å². The first-order chi connectivity index (χ1) is 13.7. The molecule has 2 N–H and O–H groups in total. The predicted molar refractivity (Wildman–Crippen MR) is 107 cm³/mol. The van der Waals surface area contributed by atoms with Gasteiger partial charge in [0.05, 0.1) is 23.4 Å². The van der Waals surface area contributed by atoms with Crippen LogP contribution in [0.1, 0.15) is 66.2 Å². The van der Waals surface area contributed by atoms with Gasteiger partial charge in [0.25, 0.3) is 5.91 Å². The number of amides is 1. The summed E-state index contributed by atoms with van der Waals surface area (Å²) in [4.78, 5) is 33.1. The van der Waals surface area contributed by atoms with Gasteiger partial charge in [0.15, 0.2) is 0 Å². The first-order valence-corrected chi connectivity index (χ1v) is 9.83. The van der Waals surface area contributed by atoms with Crippen LogP contribution in [0.4, 0.5) is 11.6 Å². The number of anilines is 2. The molecule has 0 aliphatic heterocycles. The third-order valence-electron chi connectivity index (χ3n) is 4.77. The highest BCUT2D eigenvalue weighted by molar-refractivity contribution is 6.07. The zero-order chi connectivity index (χ0) is 19.8. The maximum absolute atomic E-state index is 12.5. The molecule has 3 rings (SSSR count). The molecule has 1 amide bonds.